The molecule has 0 saturated carbocycles. The molecule has 220 valence electrons. The monoisotopic (exact) mass is 582 g/mol. The predicted octanol–water partition coefficient (Wildman–Crippen LogP) is -1.50. The van der Waals surface area contributed by atoms with Crippen LogP contribution in [0.25, 0.3) is 0 Å². The van der Waals surface area contributed by atoms with Crippen LogP contribution >= 0.6 is 0 Å². The van der Waals surface area contributed by atoms with Crippen molar-refractivity contribution in [1.29, 1.82) is 0 Å². The summed E-state index contributed by atoms with van der Waals surface area (Å²) in [5.41, 5.74) is 0. The minimum atomic E-state index is -3.79. The maximum absolute atomic E-state index is 11.6. The molecule has 0 spiro atoms. The topological polar surface area (TPSA) is 170 Å². The summed E-state index contributed by atoms with van der Waals surface area (Å²) in [5, 5.41) is 0. The Hall–Kier alpha value is -0.540. The zero-order valence-corrected chi connectivity index (χ0v) is 23.8. The second kappa shape index (κ2) is 14.2. The van der Waals surface area contributed by atoms with E-state index >= 15 is 0 Å². The molecule has 0 aliphatic carbocycles. The Morgan fingerprint density at radius 1 is 0.514 bits per heavy atom. The Bertz CT molecular complexity index is 825. The van der Waals surface area contributed by atoms with Gasteiger partial charge in [0.2, 0.25) is 0 Å². The van der Waals surface area contributed by atoms with Gasteiger partial charge < -0.3 is 42.6 Å². The predicted molar refractivity (Wildman–Crippen MR) is 125 cm³/mol. The second-order valence-corrected chi connectivity index (χ2v) is 11.7. The van der Waals surface area contributed by atoms with E-state index in [4.69, 9.17) is 51.0 Å². The van der Waals surface area contributed by atoms with Crippen molar-refractivity contribution < 1.29 is 67.8 Å². The van der Waals surface area contributed by atoms with Crippen LogP contribution < -0.4 is 0 Å². The van der Waals surface area contributed by atoms with E-state index in [9.17, 15) is 16.8 Å². The summed E-state index contributed by atoms with van der Waals surface area (Å²) < 4.78 is 108. The van der Waals surface area contributed by atoms with Crippen molar-refractivity contribution in [1.82, 2.24) is 0 Å². The molecule has 0 aromatic carbocycles. The van der Waals surface area contributed by atoms with Crippen molar-refractivity contribution in [3.8, 4) is 0 Å². The first-order valence-corrected chi connectivity index (χ1v) is 14.8. The van der Waals surface area contributed by atoms with E-state index in [2.05, 4.69) is 0 Å². The number of hydrogen-bond acceptors (Lipinski definition) is 15. The van der Waals surface area contributed by atoms with Gasteiger partial charge >= 0.3 is 0 Å². The number of ether oxygens (including phenoxy) is 9. The average Bonchev–Trinajstić information content (AvgIpc) is 2.83. The van der Waals surface area contributed by atoms with Gasteiger partial charge in [-0.2, -0.15) is 16.8 Å². The Morgan fingerprint density at radius 2 is 0.811 bits per heavy atom. The Morgan fingerprint density at radius 3 is 1.05 bits per heavy atom. The summed E-state index contributed by atoms with van der Waals surface area (Å²) in [4.78, 5) is 0. The molecule has 37 heavy (non-hydrogen) atoms. The molecule has 2 fully saturated rings. The smallest absolute Gasteiger partial charge is 0.264 e. The van der Waals surface area contributed by atoms with Gasteiger partial charge in [0.05, 0.1) is 25.7 Å². The number of rotatable bonds is 14. The standard InChI is InChI=1S/C20H38O15S2/c1-25-13-11(9-31-36(7,21)22)33-19(17(29-5)15(13)27-3)35-20-18(30-6)16(28-4)14(26-2)12(34-20)10-32-37(8,23)24/h11-20H,9-10H2,1-8H3/t11-,12-,13-,14-,15+,16+,17-,18-,19+,20+/m1/s1. The Kier molecular flexibility index (Phi) is 12.5. The zero-order chi connectivity index (χ0) is 28.0. The molecule has 17 heteroatoms. The van der Waals surface area contributed by atoms with Gasteiger partial charge in [-0.1, -0.05) is 0 Å². The number of methoxy groups -OCH3 is 6. The third-order valence-electron chi connectivity index (χ3n) is 5.98. The molecule has 0 amide bonds. The lowest BCUT2D eigenvalue weighted by molar-refractivity contribution is -0.383. The molecule has 0 unspecified atom stereocenters. The highest BCUT2D eigenvalue weighted by atomic mass is 32.2. The second-order valence-electron chi connectivity index (χ2n) is 8.40. The highest BCUT2D eigenvalue weighted by Crippen LogP contribution is 2.33. The molecule has 0 aromatic rings. The van der Waals surface area contributed by atoms with Gasteiger partial charge in [-0.25, -0.2) is 0 Å². The summed E-state index contributed by atoms with van der Waals surface area (Å²) in [5.74, 6) is 0. The highest BCUT2D eigenvalue weighted by Gasteiger charge is 2.53. The van der Waals surface area contributed by atoms with Crippen molar-refractivity contribution in [3.05, 3.63) is 0 Å². The van der Waals surface area contributed by atoms with Crippen LogP contribution in [0, 0.1) is 0 Å². The summed E-state index contributed by atoms with van der Waals surface area (Å²) >= 11 is 0. The third-order valence-corrected chi connectivity index (χ3v) is 7.10. The maximum atomic E-state index is 11.6. The van der Waals surface area contributed by atoms with Crippen LogP contribution in [-0.4, -0.2) is 147 Å². The first-order valence-electron chi connectivity index (χ1n) is 11.2. The average molecular weight is 583 g/mol. The van der Waals surface area contributed by atoms with Gasteiger partial charge in [0, 0.05) is 42.7 Å². The molecule has 0 N–H and O–H groups in total. The molecule has 0 bridgehead atoms. The minimum absolute atomic E-state index is 0.385. The normalized spacial score (nSPS) is 37.5. The molecule has 2 rings (SSSR count). The molecule has 2 heterocycles. The van der Waals surface area contributed by atoms with Gasteiger partial charge in [0.25, 0.3) is 20.2 Å². The van der Waals surface area contributed by atoms with Crippen molar-refractivity contribution in [2.45, 2.75) is 61.4 Å². The van der Waals surface area contributed by atoms with E-state index < -0.39 is 81.6 Å². The third kappa shape index (κ3) is 8.72. The minimum Gasteiger partial charge on any atom is -0.376 e. The first kappa shape index (κ1) is 32.7. The molecule has 2 aliphatic heterocycles. The zero-order valence-electron chi connectivity index (χ0n) is 22.1. The van der Waals surface area contributed by atoms with Gasteiger partial charge in [0.15, 0.2) is 12.6 Å². The molecule has 15 nitrogen and oxygen atoms in total. The van der Waals surface area contributed by atoms with Crippen LogP contribution in [0.3, 0.4) is 0 Å². The molecule has 2 saturated heterocycles. The van der Waals surface area contributed by atoms with Crippen molar-refractivity contribution in [2.75, 3.05) is 68.4 Å². The molecule has 0 radical (unpaired) electrons. The lowest BCUT2D eigenvalue weighted by atomic mass is 9.97. The van der Waals surface area contributed by atoms with Crippen LogP contribution in [0.1, 0.15) is 0 Å². The Labute approximate surface area is 218 Å². The van der Waals surface area contributed by atoms with Gasteiger partial charge in [-0.15, -0.1) is 0 Å². The van der Waals surface area contributed by atoms with E-state index in [0.717, 1.165) is 12.5 Å². The first-order chi connectivity index (χ1) is 17.3. The van der Waals surface area contributed by atoms with E-state index in [-0.39, 0.29) is 13.2 Å². The number of hydrogen-bond donors (Lipinski definition) is 0. The van der Waals surface area contributed by atoms with Crippen molar-refractivity contribution in [2.24, 2.45) is 0 Å². The van der Waals surface area contributed by atoms with Gasteiger partial charge in [0.1, 0.15) is 48.8 Å². The van der Waals surface area contributed by atoms with Crippen molar-refractivity contribution >= 4 is 20.2 Å². The summed E-state index contributed by atoms with van der Waals surface area (Å²) in [6.45, 7) is -0.770. The quantitative estimate of drug-likeness (QED) is 0.217. The summed E-state index contributed by atoms with van der Waals surface area (Å²) in [6, 6.07) is 0. The van der Waals surface area contributed by atoms with E-state index in [1.165, 1.54) is 42.7 Å². The fourth-order valence-corrected chi connectivity index (χ4v) is 5.12. The van der Waals surface area contributed by atoms with E-state index in [1.54, 1.807) is 0 Å². The summed E-state index contributed by atoms with van der Waals surface area (Å²) in [7, 11) is 0.920. The largest absolute Gasteiger partial charge is 0.376 e. The summed E-state index contributed by atoms with van der Waals surface area (Å²) in [6.07, 6.45) is -7.25. The van der Waals surface area contributed by atoms with Crippen LogP contribution in [-0.2, 0) is 71.2 Å². The SMILES string of the molecule is CO[C@@H]1[C@@H](OC)[C@H](O[C@@H]2O[C@H](COS(C)(=O)=O)[C@@H](OC)[C@H](OC)[C@H]2OC)O[C@H](COS(C)(=O)=O)[C@H]1OC. The lowest BCUT2D eigenvalue weighted by Crippen LogP contribution is -2.65. The molecular weight excluding hydrogens is 544 g/mol. The Balaban J connectivity index is 2.35. The van der Waals surface area contributed by atoms with E-state index in [1.807, 2.05) is 0 Å². The lowest BCUT2D eigenvalue weighted by Gasteiger charge is -2.48. The molecule has 0 aromatic heterocycles. The maximum Gasteiger partial charge on any atom is 0.264 e. The van der Waals surface area contributed by atoms with Crippen LogP contribution in [0.4, 0.5) is 0 Å². The van der Waals surface area contributed by atoms with Crippen LogP contribution in [0.15, 0.2) is 0 Å². The van der Waals surface area contributed by atoms with Gasteiger partial charge in [-0.05, 0) is 0 Å². The van der Waals surface area contributed by atoms with Crippen molar-refractivity contribution in [3.63, 3.8) is 0 Å². The fourth-order valence-electron chi connectivity index (χ4n) is 4.36. The van der Waals surface area contributed by atoms with E-state index in [0.29, 0.717) is 0 Å². The van der Waals surface area contributed by atoms with Gasteiger partial charge in [-0.3, -0.25) is 8.37 Å². The molecule has 10 atom stereocenters. The van der Waals surface area contributed by atoms with Crippen LogP contribution in [0.2, 0.25) is 0 Å². The highest BCUT2D eigenvalue weighted by molar-refractivity contribution is 7.86. The molecular formula is C20H38O15S2. The van der Waals surface area contributed by atoms with Crippen LogP contribution in [0.5, 0.6) is 0 Å². The fraction of sp³-hybridized carbons (Fsp3) is 1.00. The molecule has 2 aliphatic rings.